The van der Waals surface area contributed by atoms with Gasteiger partial charge in [-0.3, -0.25) is 0 Å². The number of rotatable bonds is 3. The fraction of sp³-hybridized carbons (Fsp3) is 0.625. The molecular formula is C16H25NO. The normalized spacial score (nSPS) is 30.1. The Morgan fingerprint density at radius 2 is 1.61 bits per heavy atom. The topological polar surface area (TPSA) is 35.2 Å². The van der Waals surface area contributed by atoms with E-state index in [1.165, 1.54) is 24.8 Å². The SMILES string of the molecule is CC1CC(C)CC(OC(C)c2ccc(N)cc2)C1. The van der Waals surface area contributed by atoms with Gasteiger partial charge in [-0.15, -0.1) is 0 Å². The zero-order valence-electron chi connectivity index (χ0n) is 11.7. The molecule has 1 aromatic rings. The summed E-state index contributed by atoms with van der Waals surface area (Å²) < 4.78 is 6.22. The van der Waals surface area contributed by atoms with Crippen LogP contribution in [0.4, 0.5) is 5.69 Å². The summed E-state index contributed by atoms with van der Waals surface area (Å²) in [6.07, 6.45) is 4.31. The number of hydrogen-bond acceptors (Lipinski definition) is 2. The van der Waals surface area contributed by atoms with Crippen molar-refractivity contribution in [1.82, 2.24) is 0 Å². The maximum absolute atomic E-state index is 6.22. The van der Waals surface area contributed by atoms with Crippen LogP contribution in [0, 0.1) is 11.8 Å². The fourth-order valence-electron chi connectivity index (χ4n) is 3.12. The highest BCUT2D eigenvalue weighted by Crippen LogP contribution is 2.33. The van der Waals surface area contributed by atoms with E-state index >= 15 is 0 Å². The molecule has 2 rings (SSSR count). The largest absolute Gasteiger partial charge is 0.399 e. The van der Waals surface area contributed by atoms with Gasteiger partial charge in [0.05, 0.1) is 12.2 Å². The summed E-state index contributed by atoms with van der Waals surface area (Å²) in [6.45, 7) is 6.80. The predicted molar refractivity (Wildman–Crippen MR) is 76.3 cm³/mol. The van der Waals surface area contributed by atoms with Crippen molar-refractivity contribution in [3.8, 4) is 0 Å². The molecule has 2 nitrogen and oxygen atoms in total. The number of benzene rings is 1. The quantitative estimate of drug-likeness (QED) is 0.814. The molecule has 3 atom stereocenters. The van der Waals surface area contributed by atoms with Crippen molar-refractivity contribution < 1.29 is 4.74 Å². The summed E-state index contributed by atoms with van der Waals surface area (Å²) in [4.78, 5) is 0. The lowest BCUT2D eigenvalue weighted by atomic mass is 9.81. The Kier molecular flexibility index (Phi) is 4.28. The molecule has 1 fully saturated rings. The molecule has 0 amide bonds. The van der Waals surface area contributed by atoms with Gasteiger partial charge >= 0.3 is 0 Å². The van der Waals surface area contributed by atoms with Crippen molar-refractivity contribution >= 4 is 5.69 Å². The monoisotopic (exact) mass is 247 g/mol. The molecule has 1 aromatic carbocycles. The van der Waals surface area contributed by atoms with E-state index in [-0.39, 0.29) is 6.10 Å². The van der Waals surface area contributed by atoms with Crippen molar-refractivity contribution in [1.29, 1.82) is 0 Å². The van der Waals surface area contributed by atoms with E-state index in [1.54, 1.807) is 0 Å². The van der Waals surface area contributed by atoms with Crippen LogP contribution in [0.1, 0.15) is 51.7 Å². The van der Waals surface area contributed by atoms with Crippen molar-refractivity contribution in [2.75, 3.05) is 5.73 Å². The Bertz CT molecular complexity index is 363. The first-order valence-electron chi connectivity index (χ1n) is 7.05. The summed E-state index contributed by atoms with van der Waals surface area (Å²) in [5.41, 5.74) is 7.74. The number of nitrogens with two attached hydrogens (primary N) is 1. The van der Waals surface area contributed by atoms with Gasteiger partial charge in [-0.25, -0.2) is 0 Å². The van der Waals surface area contributed by atoms with E-state index in [2.05, 4.69) is 32.9 Å². The Morgan fingerprint density at radius 3 is 2.17 bits per heavy atom. The van der Waals surface area contributed by atoms with Crippen molar-refractivity contribution in [2.45, 2.75) is 52.2 Å². The first-order valence-corrected chi connectivity index (χ1v) is 7.05. The molecule has 0 spiro atoms. The Balaban J connectivity index is 1.94. The average molecular weight is 247 g/mol. The molecule has 1 saturated carbocycles. The minimum Gasteiger partial charge on any atom is -0.399 e. The fourth-order valence-corrected chi connectivity index (χ4v) is 3.12. The average Bonchev–Trinajstić information content (AvgIpc) is 2.28. The lowest BCUT2D eigenvalue weighted by Crippen LogP contribution is -2.27. The predicted octanol–water partition coefficient (Wildman–Crippen LogP) is 4.17. The van der Waals surface area contributed by atoms with E-state index in [0.717, 1.165) is 17.5 Å². The van der Waals surface area contributed by atoms with Crippen LogP contribution in [0.2, 0.25) is 0 Å². The van der Waals surface area contributed by atoms with Crippen LogP contribution < -0.4 is 5.73 Å². The standard InChI is InChI=1S/C16H25NO/c1-11-8-12(2)10-16(9-11)18-13(3)14-4-6-15(17)7-5-14/h4-7,11-13,16H,8-10,17H2,1-3H3. The molecule has 0 bridgehead atoms. The maximum atomic E-state index is 6.22. The van der Waals surface area contributed by atoms with Crippen molar-refractivity contribution in [2.24, 2.45) is 11.8 Å². The molecular weight excluding hydrogens is 222 g/mol. The summed E-state index contributed by atoms with van der Waals surface area (Å²) in [6, 6.07) is 8.02. The number of ether oxygens (including phenoxy) is 1. The van der Waals surface area contributed by atoms with Crippen LogP contribution in [-0.4, -0.2) is 6.10 Å². The molecule has 2 N–H and O–H groups in total. The second-order valence-corrected chi connectivity index (χ2v) is 5.98. The van der Waals surface area contributed by atoms with E-state index in [1.807, 2.05) is 12.1 Å². The molecule has 100 valence electrons. The van der Waals surface area contributed by atoms with Gasteiger partial charge in [-0.2, -0.15) is 0 Å². The maximum Gasteiger partial charge on any atom is 0.0800 e. The summed E-state index contributed by atoms with van der Waals surface area (Å²) in [7, 11) is 0. The smallest absolute Gasteiger partial charge is 0.0800 e. The van der Waals surface area contributed by atoms with Gasteiger partial charge in [0.25, 0.3) is 0 Å². The van der Waals surface area contributed by atoms with Gasteiger partial charge in [0.1, 0.15) is 0 Å². The zero-order chi connectivity index (χ0) is 13.1. The molecule has 0 saturated heterocycles. The molecule has 0 aliphatic heterocycles. The van der Waals surface area contributed by atoms with Gasteiger partial charge < -0.3 is 10.5 Å². The summed E-state index contributed by atoms with van der Waals surface area (Å²) in [5.74, 6) is 1.58. The van der Waals surface area contributed by atoms with Crippen LogP contribution in [0.3, 0.4) is 0 Å². The van der Waals surface area contributed by atoms with Gasteiger partial charge in [-0.1, -0.05) is 26.0 Å². The number of nitrogen functional groups attached to an aromatic ring is 1. The highest BCUT2D eigenvalue weighted by molar-refractivity contribution is 5.39. The zero-order valence-corrected chi connectivity index (χ0v) is 11.7. The third-order valence-corrected chi connectivity index (χ3v) is 3.94. The minimum atomic E-state index is 0.160. The first-order chi connectivity index (χ1) is 8.54. The molecule has 0 aromatic heterocycles. The minimum absolute atomic E-state index is 0.160. The van der Waals surface area contributed by atoms with Crippen LogP contribution in [0.5, 0.6) is 0 Å². The van der Waals surface area contributed by atoms with Crippen LogP contribution in [0.25, 0.3) is 0 Å². The Morgan fingerprint density at radius 1 is 1.06 bits per heavy atom. The molecule has 18 heavy (non-hydrogen) atoms. The van der Waals surface area contributed by atoms with Crippen molar-refractivity contribution in [3.05, 3.63) is 29.8 Å². The molecule has 1 aliphatic rings. The summed E-state index contributed by atoms with van der Waals surface area (Å²) >= 11 is 0. The molecule has 1 aliphatic carbocycles. The molecule has 3 unspecified atom stereocenters. The van der Waals surface area contributed by atoms with E-state index in [0.29, 0.717) is 6.10 Å². The van der Waals surface area contributed by atoms with E-state index < -0.39 is 0 Å². The number of hydrogen-bond donors (Lipinski definition) is 1. The Labute approximate surface area is 111 Å². The van der Waals surface area contributed by atoms with Crippen molar-refractivity contribution in [3.63, 3.8) is 0 Å². The molecule has 0 heterocycles. The van der Waals surface area contributed by atoms with E-state index in [9.17, 15) is 0 Å². The van der Waals surface area contributed by atoms with Crippen LogP contribution >= 0.6 is 0 Å². The van der Waals surface area contributed by atoms with Gasteiger partial charge in [-0.05, 0) is 55.7 Å². The lowest BCUT2D eigenvalue weighted by Gasteiger charge is -2.33. The Hall–Kier alpha value is -1.02. The second kappa shape index (κ2) is 5.75. The summed E-state index contributed by atoms with van der Waals surface area (Å²) in [5, 5.41) is 0. The van der Waals surface area contributed by atoms with Gasteiger partial charge in [0.2, 0.25) is 0 Å². The highest BCUT2D eigenvalue weighted by Gasteiger charge is 2.25. The lowest BCUT2D eigenvalue weighted by molar-refractivity contribution is -0.0426. The highest BCUT2D eigenvalue weighted by atomic mass is 16.5. The third-order valence-electron chi connectivity index (χ3n) is 3.94. The molecule has 0 radical (unpaired) electrons. The van der Waals surface area contributed by atoms with Gasteiger partial charge in [0.15, 0.2) is 0 Å². The second-order valence-electron chi connectivity index (χ2n) is 5.98. The number of anilines is 1. The van der Waals surface area contributed by atoms with E-state index in [4.69, 9.17) is 10.5 Å². The molecule has 2 heteroatoms. The third kappa shape index (κ3) is 3.49. The first kappa shape index (κ1) is 13.4. The van der Waals surface area contributed by atoms with Crippen LogP contribution in [0.15, 0.2) is 24.3 Å². The van der Waals surface area contributed by atoms with Gasteiger partial charge in [0, 0.05) is 5.69 Å². The van der Waals surface area contributed by atoms with Crippen LogP contribution in [-0.2, 0) is 4.74 Å².